The predicted octanol–water partition coefficient (Wildman–Crippen LogP) is 2.02. The molecular formula is C16H18N4O3S2. The molecule has 1 aromatic carbocycles. The fraction of sp³-hybridized carbons (Fsp3) is 0.375. The van der Waals surface area contributed by atoms with E-state index in [1.807, 2.05) is 0 Å². The molecule has 2 aromatic rings. The lowest BCUT2D eigenvalue weighted by Crippen LogP contribution is -2.39. The molecular weight excluding hydrogens is 360 g/mol. The summed E-state index contributed by atoms with van der Waals surface area (Å²) < 4.78 is 12.7. The quantitative estimate of drug-likeness (QED) is 0.578. The minimum Gasteiger partial charge on any atom is -0.497 e. The molecule has 0 radical (unpaired) electrons. The van der Waals surface area contributed by atoms with Crippen molar-refractivity contribution >= 4 is 34.1 Å². The van der Waals surface area contributed by atoms with Crippen molar-refractivity contribution in [1.29, 1.82) is 0 Å². The molecule has 0 N–H and O–H groups in total. The molecule has 1 fully saturated rings. The van der Waals surface area contributed by atoms with Crippen LogP contribution in [0.1, 0.15) is 15.7 Å². The lowest BCUT2D eigenvalue weighted by Gasteiger charge is -2.30. The van der Waals surface area contributed by atoms with Gasteiger partial charge in [-0.1, -0.05) is 24.0 Å². The van der Waals surface area contributed by atoms with E-state index in [9.17, 15) is 4.79 Å². The molecule has 0 bridgehead atoms. The zero-order valence-electron chi connectivity index (χ0n) is 13.7. The number of hydrogen-bond donors (Lipinski definition) is 0. The summed E-state index contributed by atoms with van der Waals surface area (Å²) in [6, 6.07) is 7.00. The van der Waals surface area contributed by atoms with E-state index >= 15 is 0 Å². The Balaban J connectivity index is 1.79. The van der Waals surface area contributed by atoms with E-state index in [0.717, 1.165) is 13.1 Å². The first-order chi connectivity index (χ1) is 12.2. The Morgan fingerprint density at radius 1 is 1.32 bits per heavy atom. The van der Waals surface area contributed by atoms with Crippen LogP contribution in [0.15, 0.2) is 36.9 Å². The van der Waals surface area contributed by atoms with Crippen LogP contribution in [0.25, 0.3) is 0 Å². The smallest absolute Gasteiger partial charge is 0.198 e. The summed E-state index contributed by atoms with van der Waals surface area (Å²) in [6.45, 7) is 2.74. The largest absolute Gasteiger partial charge is 0.497 e. The van der Waals surface area contributed by atoms with Gasteiger partial charge in [-0.3, -0.25) is 4.79 Å². The van der Waals surface area contributed by atoms with Crippen LogP contribution in [0.2, 0.25) is 0 Å². The molecule has 25 heavy (non-hydrogen) atoms. The van der Waals surface area contributed by atoms with Gasteiger partial charge in [-0.05, 0) is 24.3 Å². The first kappa shape index (κ1) is 17.8. The van der Waals surface area contributed by atoms with Crippen molar-refractivity contribution in [1.82, 2.24) is 19.7 Å². The summed E-state index contributed by atoms with van der Waals surface area (Å²) >= 11 is 6.84. The van der Waals surface area contributed by atoms with Gasteiger partial charge < -0.3 is 14.4 Å². The number of thiocarbonyl (C=S) groups is 1. The second kappa shape index (κ2) is 8.41. The number of thioether (sulfide) groups is 1. The second-order valence-electron chi connectivity index (χ2n) is 5.30. The number of carbonyl (C=O) groups is 1. The number of rotatable bonds is 5. The lowest BCUT2D eigenvalue weighted by atomic mass is 10.1. The molecule has 1 aliphatic heterocycles. The zero-order valence-corrected chi connectivity index (χ0v) is 15.3. The van der Waals surface area contributed by atoms with Gasteiger partial charge >= 0.3 is 0 Å². The summed E-state index contributed by atoms with van der Waals surface area (Å²) in [7, 11) is 1.59. The summed E-state index contributed by atoms with van der Waals surface area (Å²) in [4.78, 5) is 19.0. The van der Waals surface area contributed by atoms with Crippen molar-refractivity contribution in [2.75, 3.05) is 33.4 Å². The Morgan fingerprint density at radius 3 is 2.64 bits per heavy atom. The van der Waals surface area contributed by atoms with Crippen molar-refractivity contribution in [3.05, 3.63) is 42.5 Å². The number of aromatic nitrogens is 3. The average molecular weight is 378 g/mol. The third-order valence-corrected chi connectivity index (χ3v) is 5.42. The van der Waals surface area contributed by atoms with Gasteiger partial charge in [0.2, 0.25) is 0 Å². The van der Waals surface area contributed by atoms with Gasteiger partial charge in [0, 0.05) is 18.7 Å². The van der Waals surface area contributed by atoms with Crippen molar-refractivity contribution < 1.29 is 14.3 Å². The Hall–Kier alpha value is -1.97. The molecule has 1 aliphatic rings. The van der Waals surface area contributed by atoms with E-state index < -0.39 is 5.37 Å². The fourth-order valence-electron chi connectivity index (χ4n) is 2.38. The van der Waals surface area contributed by atoms with Gasteiger partial charge in [-0.15, -0.1) is 0 Å². The van der Waals surface area contributed by atoms with E-state index in [1.165, 1.54) is 29.1 Å². The number of nitrogens with zero attached hydrogens (tertiary/aromatic N) is 4. The highest BCUT2D eigenvalue weighted by Gasteiger charge is 2.27. The molecule has 7 nitrogen and oxygen atoms in total. The number of methoxy groups -OCH3 is 1. The standard InChI is InChI=1S/C16H18N4O3S2/c1-22-13-4-2-12(3-5-13)14(21)15(20-11-17-10-18-20)25-16(24)19-6-8-23-9-7-19/h2-5,10-11,15H,6-9H2,1H3. The first-order valence-corrected chi connectivity index (χ1v) is 9.03. The minimum absolute atomic E-state index is 0.0891. The average Bonchev–Trinajstić information content (AvgIpc) is 3.20. The van der Waals surface area contributed by atoms with Crippen molar-refractivity contribution in [2.45, 2.75) is 5.37 Å². The molecule has 3 rings (SSSR count). The first-order valence-electron chi connectivity index (χ1n) is 7.74. The van der Waals surface area contributed by atoms with Crippen molar-refractivity contribution in [3.63, 3.8) is 0 Å². The van der Waals surface area contributed by atoms with E-state index in [4.69, 9.17) is 21.7 Å². The number of Topliss-reactive ketones (excluding diaryl/α,β-unsaturated/α-hetero) is 1. The van der Waals surface area contributed by atoms with E-state index in [2.05, 4.69) is 15.0 Å². The zero-order chi connectivity index (χ0) is 17.6. The highest BCUT2D eigenvalue weighted by molar-refractivity contribution is 8.23. The fourth-order valence-corrected chi connectivity index (χ4v) is 3.82. The highest BCUT2D eigenvalue weighted by Crippen LogP contribution is 2.29. The minimum atomic E-state index is -0.605. The predicted molar refractivity (Wildman–Crippen MR) is 99.0 cm³/mol. The second-order valence-corrected chi connectivity index (χ2v) is 7.02. The van der Waals surface area contributed by atoms with Crippen molar-refractivity contribution in [2.24, 2.45) is 0 Å². The van der Waals surface area contributed by atoms with Crippen LogP contribution >= 0.6 is 24.0 Å². The Labute approximate surface area is 155 Å². The number of carbonyl (C=O) groups excluding carboxylic acids is 1. The van der Waals surface area contributed by atoms with Crippen LogP contribution < -0.4 is 4.74 Å². The van der Waals surface area contributed by atoms with Gasteiger partial charge in [0.1, 0.15) is 22.7 Å². The Morgan fingerprint density at radius 2 is 2.04 bits per heavy atom. The molecule has 132 valence electrons. The topological polar surface area (TPSA) is 69.5 Å². The monoisotopic (exact) mass is 378 g/mol. The van der Waals surface area contributed by atoms with E-state index in [1.54, 1.807) is 31.4 Å². The Bertz CT molecular complexity index is 715. The van der Waals surface area contributed by atoms with Crippen LogP contribution in [0.4, 0.5) is 0 Å². The summed E-state index contributed by atoms with van der Waals surface area (Å²) in [5.74, 6) is 0.610. The van der Waals surface area contributed by atoms with E-state index in [0.29, 0.717) is 28.8 Å². The van der Waals surface area contributed by atoms with Crippen LogP contribution in [-0.2, 0) is 4.74 Å². The van der Waals surface area contributed by atoms with Gasteiger partial charge in [0.05, 0.1) is 20.3 Å². The van der Waals surface area contributed by atoms with Crippen LogP contribution in [-0.4, -0.2) is 63.2 Å². The summed E-state index contributed by atoms with van der Waals surface area (Å²) in [5.41, 5.74) is 0.568. The molecule has 0 aliphatic carbocycles. The molecule has 2 heterocycles. The van der Waals surface area contributed by atoms with Gasteiger partial charge in [-0.2, -0.15) is 5.10 Å². The maximum absolute atomic E-state index is 13.0. The van der Waals surface area contributed by atoms with Crippen LogP contribution in [0.3, 0.4) is 0 Å². The number of ether oxygens (including phenoxy) is 2. The molecule has 1 saturated heterocycles. The van der Waals surface area contributed by atoms with Crippen LogP contribution in [0.5, 0.6) is 5.75 Å². The third-order valence-electron chi connectivity index (χ3n) is 3.76. The molecule has 1 unspecified atom stereocenters. The normalized spacial score (nSPS) is 15.6. The summed E-state index contributed by atoms with van der Waals surface area (Å²) in [6.07, 6.45) is 2.94. The third kappa shape index (κ3) is 4.36. The van der Waals surface area contributed by atoms with Gasteiger partial charge in [0.25, 0.3) is 0 Å². The number of ketones is 1. The molecule has 9 heteroatoms. The molecule has 0 amide bonds. The maximum Gasteiger partial charge on any atom is 0.198 e. The van der Waals surface area contributed by atoms with E-state index in [-0.39, 0.29) is 5.78 Å². The Kier molecular flexibility index (Phi) is 6.00. The van der Waals surface area contributed by atoms with Gasteiger partial charge in [0.15, 0.2) is 11.2 Å². The highest BCUT2D eigenvalue weighted by atomic mass is 32.2. The summed E-state index contributed by atoms with van der Waals surface area (Å²) in [5, 5.41) is 3.53. The molecule has 0 spiro atoms. The molecule has 0 saturated carbocycles. The number of benzene rings is 1. The number of hydrogen-bond acceptors (Lipinski definition) is 7. The lowest BCUT2D eigenvalue weighted by molar-refractivity contribution is 0.0702. The molecule has 1 atom stereocenters. The van der Waals surface area contributed by atoms with Crippen LogP contribution in [0, 0.1) is 0 Å². The maximum atomic E-state index is 13.0. The SMILES string of the molecule is COc1ccc(C(=O)C(SC(=S)N2CCOCC2)n2cncn2)cc1. The van der Waals surface area contributed by atoms with Crippen molar-refractivity contribution in [3.8, 4) is 5.75 Å². The number of morpholine rings is 1. The van der Waals surface area contributed by atoms with Gasteiger partial charge in [-0.25, -0.2) is 9.67 Å². The molecule has 1 aromatic heterocycles.